The van der Waals surface area contributed by atoms with Crippen molar-refractivity contribution in [3.63, 3.8) is 0 Å². The Morgan fingerprint density at radius 2 is 1.61 bits per heavy atom. The molecule has 0 atom stereocenters. The van der Waals surface area contributed by atoms with Crippen LogP contribution in [0.1, 0.15) is 26.3 Å². The van der Waals surface area contributed by atoms with Crippen molar-refractivity contribution in [2.24, 2.45) is 5.10 Å². The molecule has 0 fully saturated rings. The van der Waals surface area contributed by atoms with Gasteiger partial charge in [0.2, 0.25) is 0 Å². The summed E-state index contributed by atoms with van der Waals surface area (Å²) in [7, 11) is 0. The first-order chi connectivity index (χ1) is 13.5. The van der Waals surface area contributed by atoms with Gasteiger partial charge in [0.25, 0.3) is 5.91 Å². The monoisotopic (exact) mass is 412 g/mol. The van der Waals surface area contributed by atoms with Crippen molar-refractivity contribution in [1.82, 2.24) is 5.43 Å². The maximum Gasteiger partial charge on any atom is 0.343 e. The lowest BCUT2D eigenvalue weighted by Crippen LogP contribution is -2.17. The van der Waals surface area contributed by atoms with E-state index in [1.807, 2.05) is 0 Å². The minimum atomic E-state index is -0.500. The van der Waals surface area contributed by atoms with E-state index in [4.69, 9.17) is 27.9 Å². The molecular formula is C21H14Cl2N2O3. The van der Waals surface area contributed by atoms with Crippen molar-refractivity contribution in [2.45, 2.75) is 0 Å². The number of hydrogen-bond donors (Lipinski definition) is 1. The molecule has 0 saturated heterocycles. The number of hydrogen-bond acceptors (Lipinski definition) is 4. The first-order valence-corrected chi connectivity index (χ1v) is 8.93. The van der Waals surface area contributed by atoms with E-state index in [0.717, 1.165) is 0 Å². The molecule has 140 valence electrons. The highest BCUT2D eigenvalue weighted by atomic mass is 35.5. The van der Waals surface area contributed by atoms with Gasteiger partial charge in [0.15, 0.2) is 0 Å². The number of halogens is 2. The van der Waals surface area contributed by atoms with Crippen LogP contribution in [0.5, 0.6) is 5.75 Å². The lowest BCUT2D eigenvalue weighted by atomic mass is 10.2. The van der Waals surface area contributed by atoms with Crippen molar-refractivity contribution < 1.29 is 14.3 Å². The fraction of sp³-hybridized carbons (Fsp3) is 0. The third kappa shape index (κ3) is 5.42. The zero-order valence-electron chi connectivity index (χ0n) is 14.4. The first kappa shape index (κ1) is 19.6. The Labute approximate surface area is 171 Å². The van der Waals surface area contributed by atoms with E-state index in [1.54, 1.807) is 72.8 Å². The molecule has 28 heavy (non-hydrogen) atoms. The number of hydrazone groups is 1. The molecule has 0 aliphatic carbocycles. The van der Waals surface area contributed by atoms with Gasteiger partial charge in [-0.3, -0.25) is 4.79 Å². The van der Waals surface area contributed by atoms with E-state index in [-0.39, 0.29) is 5.91 Å². The van der Waals surface area contributed by atoms with Crippen LogP contribution in [-0.4, -0.2) is 18.1 Å². The Hall–Kier alpha value is -3.15. The third-order valence-electron chi connectivity index (χ3n) is 3.62. The standard InChI is InChI=1S/C21H14Cl2N2O3/c22-17-9-7-15(8-10-17)21(27)28-19-6-1-3-14(11-19)13-24-25-20(26)16-4-2-5-18(23)12-16/h1-13H,(H,25,26). The predicted octanol–water partition coefficient (Wildman–Crippen LogP) is 4.98. The zero-order valence-corrected chi connectivity index (χ0v) is 15.9. The SMILES string of the molecule is O=C(NN=Cc1cccc(OC(=O)c2ccc(Cl)cc2)c1)c1cccc(Cl)c1. The number of carbonyl (C=O) groups is 2. The summed E-state index contributed by atoms with van der Waals surface area (Å²) in [6.45, 7) is 0. The molecule has 7 heteroatoms. The second-order valence-corrected chi connectivity index (χ2v) is 6.55. The Bertz CT molecular complexity index is 1030. The van der Waals surface area contributed by atoms with Gasteiger partial charge in [-0.1, -0.05) is 41.4 Å². The number of amides is 1. The van der Waals surface area contributed by atoms with E-state index in [0.29, 0.717) is 32.5 Å². The van der Waals surface area contributed by atoms with Crippen molar-refractivity contribution in [3.05, 3.63) is 99.5 Å². The van der Waals surface area contributed by atoms with E-state index < -0.39 is 5.97 Å². The molecule has 1 N–H and O–H groups in total. The van der Waals surface area contributed by atoms with Crippen LogP contribution in [0.4, 0.5) is 0 Å². The van der Waals surface area contributed by atoms with Gasteiger partial charge in [-0.2, -0.15) is 5.10 Å². The van der Waals surface area contributed by atoms with Crippen LogP contribution in [0.15, 0.2) is 77.9 Å². The van der Waals surface area contributed by atoms with Gasteiger partial charge < -0.3 is 4.74 Å². The van der Waals surface area contributed by atoms with Gasteiger partial charge in [0.05, 0.1) is 11.8 Å². The van der Waals surface area contributed by atoms with Crippen LogP contribution in [0.25, 0.3) is 0 Å². The van der Waals surface area contributed by atoms with Crippen molar-refractivity contribution in [1.29, 1.82) is 0 Å². The Morgan fingerprint density at radius 1 is 0.857 bits per heavy atom. The molecule has 0 unspecified atom stereocenters. The summed E-state index contributed by atoms with van der Waals surface area (Å²) in [5, 5.41) is 4.91. The molecule has 0 spiro atoms. The Balaban J connectivity index is 1.62. The lowest BCUT2D eigenvalue weighted by Gasteiger charge is -2.05. The van der Waals surface area contributed by atoms with Gasteiger partial charge in [-0.25, -0.2) is 10.2 Å². The van der Waals surface area contributed by atoms with E-state index >= 15 is 0 Å². The average molecular weight is 413 g/mol. The minimum Gasteiger partial charge on any atom is -0.423 e. The van der Waals surface area contributed by atoms with E-state index in [2.05, 4.69) is 10.5 Å². The fourth-order valence-corrected chi connectivity index (χ4v) is 2.59. The summed E-state index contributed by atoms with van der Waals surface area (Å²) in [6.07, 6.45) is 1.45. The highest BCUT2D eigenvalue weighted by Gasteiger charge is 2.09. The summed E-state index contributed by atoms with van der Waals surface area (Å²) < 4.78 is 5.35. The number of esters is 1. The number of rotatable bonds is 5. The van der Waals surface area contributed by atoms with E-state index in [1.165, 1.54) is 6.21 Å². The summed E-state index contributed by atoms with van der Waals surface area (Å²) >= 11 is 11.7. The number of carbonyl (C=O) groups excluding carboxylic acids is 2. The molecule has 3 aromatic rings. The van der Waals surface area contributed by atoms with Gasteiger partial charge in [0, 0.05) is 15.6 Å². The quantitative estimate of drug-likeness (QED) is 0.278. The highest BCUT2D eigenvalue weighted by molar-refractivity contribution is 6.31. The van der Waals surface area contributed by atoms with Crippen LogP contribution in [-0.2, 0) is 0 Å². The van der Waals surface area contributed by atoms with Gasteiger partial charge in [0.1, 0.15) is 5.75 Å². The predicted molar refractivity (Wildman–Crippen MR) is 109 cm³/mol. The maximum absolute atomic E-state index is 12.2. The molecule has 0 saturated carbocycles. The third-order valence-corrected chi connectivity index (χ3v) is 4.10. The largest absolute Gasteiger partial charge is 0.423 e. The van der Waals surface area contributed by atoms with E-state index in [9.17, 15) is 9.59 Å². The topological polar surface area (TPSA) is 67.8 Å². The molecule has 3 aromatic carbocycles. The van der Waals surface area contributed by atoms with Crippen LogP contribution >= 0.6 is 23.2 Å². The molecule has 3 rings (SSSR count). The number of nitrogens with one attached hydrogen (secondary N) is 1. The number of nitrogens with zero attached hydrogens (tertiary/aromatic N) is 1. The number of ether oxygens (including phenoxy) is 1. The molecule has 5 nitrogen and oxygen atoms in total. The van der Waals surface area contributed by atoms with Gasteiger partial charge in [-0.15, -0.1) is 0 Å². The molecule has 0 aliphatic heterocycles. The summed E-state index contributed by atoms with van der Waals surface area (Å²) in [6, 6.07) is 19.7. The first-order valence-electron chi connectivity index (χ1n) is 8.18. The molecular weight excluding hydrogens is 399 g/mol. The molecule has 0 bridgehead atoms. The van der Waals surface area contributed by atoms with Crippen molar-refractivity contribution in [3.8, 4) is 5.75 Å². The molecule has 0 heterocycles. The van der Waals surface area contributed by atoms with Gasteiger partial charge in [-0.05, 0) is 60.2 Å². The Kier molecular flexibility index (Phi) is 6.42. The van der Waals surface area contributed by atoms with Gasteiger partial charge >= 0.3 is 5.97 Å². The second-order valence-electron chi connectivity index (χ2n) is 5.68. The van der Waals surface area contributed by atoms with Crippen LogP contribution in [0.2, 0.25) is 10.0 Å². The highest BCUT2D eigenvalue weighted by Crippen LogP contribution is 2.16. The molecule has 0 radical (unpaired) electrons. The normalized spacial score (nSPS) is 10.6. The fourth-order valence-electron chi connectivity index (χ4n) is 2.27. The van der Waals surface area contributed by atoms with Crippen LogP contribution < -0.4 is 10.2 Å². The van der Waals surface area contributed by atoms with Crippen LogP contribution in [0, 0.1) is 0 Å². The van der Waals surface area contributed by atoms with Crippen LogP contribution in [0.3, 0.4) is 0 Å². The molecule has 0 aromatic heterocycles. The Morgan fingerprint density at radius 3 is 2.36 bits per heavy atom. The zero-order chi connectivity index (χ0) is 19.9. The number of benzene rings is 3. The lowest BCUT2D eigenvalue weighted by molar-refractivity contribution is 0.0734. The smallest absolute Gasteiger partial charge is 0.343 e. The summed E-state index contributed by atoms with van der Waals surface area (Å²) in [4.78, 5) is 24.2. The summed E-state index contributed by atoms with van der Waals surface area (Å²) in [5.74, 6) is -0.533. The maximum atomic E-state index is 12.2. The molecule has 0 aliphatic rings. The average Bonchev–Trinajstić information content (AvgIpc) is 2.68. The van der Waals surface area contributed by atoms with Crippen molar-refractivity contribution >= 4 is 41.3 Å². The second kappa shape index (κ2) is 9.17. The minimum absolute atomic E-state index is 0.352. The summed E-state index contributed by atoms with van der Waals surface area (Å²) in [5.41, 5.74) is 3.85. The molecule has 1 amide bonds. The van der Waals surface area contributed by atoms with Crippen molar-refractivity contribution in [2.75, 3.05) is 0 Å².